The summed E-state index contributed by atoms with van der Waals surface area (Å²) < 4.78 is 0. The first kappa shape index (κ1) is 14.2. The average Bonchev–Trinajstić information content (AvgIpc) is 2.78. The zero-order valence-corrected chi connectivity index (χ0v) is 11.7. The molecule has 110 valence electrons. The standard InChI is InChI=1S/C14H8ClN3O4/c15-7-1-2-10-8(5-7)11(13(20)18(10)14(21)22)12(19)9-6-16-3-4-17-9/h1-6,11H,(H,21,22). The molecule has 0 aliphatic carbocycles. The number of carbonyl (C=O) groups excluding carboxylic acids is 2. The highest BCUT2D eigenvalue weighted by Crippen LogP contribution is 2.40. The maximum absolute atomic E-state index is 12.5. The maximum Gasteiger partial charge on any atom is 0.418 e. The summed E-state index contributed by atoms with van der Waals surface area (Å²) in [5.41, 5.74) is 0.360. The molecule has 1 aliphatic rings. The molecule has 2 heterocycles. The Hall–Kier alpha value is -2.80. The summed E-state index contributed by atoms with van der Waals surface area (Å²) in [6, 6.07) is 4.27. The largest absolute Gasteiger partial charge is 0.464 e. The van der Waals surface area contributed by atoms with E-state index in [-0.39, 0.29) is 16.9 Å². The first-order valence-electron chi connectivity index (χ1n) is 6.17. The van der Waals surface area contributed by atoms with Crippen LogP contribution in [0.2, 0.25) is 5.02 Å². The number of hydrogen-bond acceptors (Lipinski definition) is 5. The van der Waals surface area contributed by atoms with Crippen LogP contribution in [-0.4, -0.2) is 32.9 Å². The lowest BCUT2D eigenvalue weighted by atomic mass is 9.94. The summed E-state index contributed by atoms with van der Waals surface area (Å²) in [7, 11) is 0. The number of nitrogens with zero attached hydrogens (tertiary/aromatic N) is 3. The minimum absolute atomic E-state index is 0.0148. The number of hydrogen-bond donors (Lipinski definition) is 1. The van der Waals surface area contributed by atoms with Crippen molar-refractivity contribution in [1.82, 2.24) is 9.97 Å². The van der Waals surface area contributed by atoms with Gasteiger partial charge in [0.2, 0.25) is 0 Å². The normalized spacial score (nSPS) is 16.5. The minimum Gasteiger partial charge on any atom is -0.464 e. The molecule has 1 aromatic heterocycles. The predicted octanol–water partition coefficient (Wildman–Crippen LogP) is 2.12. The van der Waals surface area contributed by atoms with Gasteiger partial charge in [-0.1, -0.05) is 11.6 Å². The van der Waals surface area contributed by atoms with Gasteiger partial charge in [-0.2, -0.15) is 0 Å². The molecule has 2 amide bonds. The molecule has 0 saturated carbocycles. The highest BCUT2D eigenvalue weighted by atomic mass is 35.5. The monoisotopic (exact) mass is 317 g/mol. The second kappa shape index (κ2) is 5.19. The molecule has 0 saturated heterocycles. The van der Waals surface area contributed by atoms with Gasteiger partial charge in [-0.15, -0.1) is 0 Å². The van der Waals surface area contributed by atoms with E-state index in [4.69, 9.17) is 11.6 Å². The second-order valence-electron chi connectivity index (χ2n) is 4.55. The molecule has 2 aromatic rings. The molecule has 1 aromatic carbocycles. The van der Waals surface area contributed by atoms with Crippen LogP contribution >= 0.6 is 11.6 Å². The fourth-order valence-corrected chi connectivity index (χ4v) is 2.55. The number of imide groups is 1. The lowest BCUT2D eigenvalue weighted by Gasteiger charge is -2.10. The molecule has 0 bridgehead atoms. The lowest BCUT2D eigenvalue weighted by molar-refractivity contribution is -0.117. The van der Waals surface area contributed by atoms with Gasteiger partial charge in [0, 0.05) is 17.4 Å². The Morgan fingerprint density at radius 1 is 1.27 bits per heavy atom. The number of ketones is 1. The van der Waals surface area contributed by atoms with E-state index in [1.165, 1.54) is 36.8 Å². The minimum atomic E-state index is -1.46. The highest BCUT2D eigenvalue weighted by Gasteiger charge is 2.45. The van der Waals surface area contributed by atoms with Crippen molar-refractivity contribution in [3.05, 3.63) is 53.1 Å². The number of anilines is 1. The first-order valence-corrected chi connectivity index (χ1v) is 6.55. The highest BCUT2D eigenvalue weighted by molar-refractivity contribution is 6.32. The van der Waals surface area contributed by atoms with Crippen LogP contribution in [0.3, 0.4) is 0 Å². The molecule has 1 N–H and O–H groups in total. The van der Waals surface area contributed by atoms with Gasteiger partial charge in [0.05, 0.1) is 11.9 Å². The van der Waals surface area contributed by atoms with E-state index in [1.54, 1.807) is 0 Å². The van der Waals surface area contributed by atoms with Crippen molar-refractivity contribution >= 4 is 35.1 Å². The van der Waals surface area contributed by atoms with Gasteiger partial charge in [-0.05, 0) is 23.8 Å². The number of carbonyl (C=O) groups is 3. The molecule has 1 aliphatic heterocycles. The first-order chi connectivity index (χ1) is 10.5. The van der Waals surface area contributed by atoms with Crippen LogP contribution in [0.4, 0.5) is 10.5 Å². The summed E-state index contributed by atoms with van der Waals surface area (Å²) in [5.74, 6) is -2.76. The van der Waals surface area contributed by atoms with Crippen molar-refractivity contribution in [1.29, 1.82) is 0 Å². The van der Waals surface area contributed by atoms with Crippen molar-refractivity contribution < 1.29 is 19.5 Å². The van der Waals surface area contributed by atoms with Crippen LogP contribution in [-0.2, 0) is 4.79 Å². The number of carboxylic acid groups (broad SMARTS) is 1. The van der Waals surface area contributed by atoms with E-state index < -0.39 is 23.7 Å². The SMILES string of the molecule is O=C(c1cnccn1)C1C(=O)N(C(=O)O)c2ccc(Cl)cc21. The third-order valence-corrected chi connectivity index (χ3v) is 3.51. The van der Waals surface area contributed by atoms with E-state index in [0.717, 1.165) is 0 Å². The van der Waals surface area contributed by atoms with E-state index in [9.17, 15) is 19.5 Å². The van der Waals surface area contributed by atoms with Crippen LogP contribution in [0, 0.1) is 0 Å². The summed E-state index contributed by atoms with van der Waals surface area (Å²) in [4.78, 5) is 44.4. The summed E-state index contributed by atoms with van der Waals surface area (Å²) in [5, 5.41) is 9.50. The number of rotatable bonds is 2. The van der Waals surface area contributed by atoms with Crippen LogP contribution in [0.5, 0.6) is 0 Å². The number of fused-ring (bicyclic) bond motifs is 1. The summed E-state index contributed by atoms with van der Waals surface area (Å²) in [6.07, 6.45) is 2.48. The van der Waals surface area contributed by atoms with Crippen LogP contribution in [0.25, 0.3) is 0 Å². The molecule has 22 heavy (non-hydrogen) atoms. The third-order valence-electron chi connectivity index (χ3n) is 3.28. The summed E-state index contributed by atoms with van der Waals surface area (Å²) >= 11 is 5.90. The maximum atomic E-state index is 12.5. The number of benzene rings is 1. The van der Waals surface area contributed by atoms with Crippen LogP contribution in [0.1, 0.15) is 22.0 Å². The van der Waals surface area contributed by atoms with Crippen molar-refractivity contribution in [2.45, 2.75) is 5.92 Å². The zero-order chi connectivity index (χ0) is 15.9. The van der Waals surface area contributed by atoms with Gasteiger partial charge >= 0.3 is 6.09 Å². The van der Waals surface area contributed by atoms with Crippen molar-refractivity contribution in [3.8, 4) is 0 Å². The second-order valence-corrected chi connectivity index (χ2v) is 4.98. The number of amides is 2. The smallest absolute Gasteiger partial charge is 0.418 e. The van der Waals surface area contributed by atoms with E-state index in [1.807, 2.05) is 0 Å². The Balaban J connectivity index is 2.13. The molecular weight excluding hydrogens is 310 g/mol. The Morgan fingerprint density at radius 2 is 2.05 bits per heavy atom. The zero-order valence-electron chi connectivity index (χ0n) is 10.9. The van der Waals surface area contributed by atoms with Gasteiger partial charge in [0.1, 0.15) is 11.6 Å². The topological polar surface area (TPSA) is 100 Å². The van der Waals surface area contributed by atoms with Crippen molar-refractivity contribution in [2.75, 3.05) is 4.90 Å². The van der Waals surface area contributed by atoms with E-state index in [0.29, 0.717) is 9.92 Å². The third kappa shape index (κ3) is 2.11. The average molecular weight is 318 g/mol. The van der Waals surface area contributed by atoms with Gasteiger partial charge in [-0.25, -0.2) is 14.7 Å². The van der Waals surface area contributed by atoms with Gasteiger partial charge in [-0.3, -0.25) is 14.6 Å². The van der Waals surface area contributed by atoms with E-state index in [2.05, 4.69) is 9.97 Å². The number of Topliss-reactive ketones (excluding diaryl/α,β-unsaturated/α-hetero) is 1. The molecule has 7 nitrogen and oxygen atoms in total. The van der Waals surface area contributed by atoms with Crippen LogP contribution < -0.4 is 4.90 Å². The predicted molar refractivity (Wildman–Crippen MR) is 76.1 cm³/mol. The van der Waals surface area contributed by atoms with Gasteiger partial charge in [0.25, 0.3) is 5.91 Å². The van der Waals surface area contributed by atoms with Gasteiger partial charge in [0.15, 0.2) is 5.78 Å². The molecule has 0 radical (unpaired) electrons. The van der Waals surface area contributed by atoms with Crippen molar-refractivity contribution in [2.24, 2.45) is 0 Å². The Kier molecular flexibility index (Phi) is 3.34. The molecule has 0 fully saturated rings. The quantitative estimate of drug-likeness (QED) is 0.672. The number of aromatic nitrogens is 2. The fourth-order valence-electron chi connectivity index (χ4n) is 2.37. The molecule has 1 unspecified atom stereocenters. The molecular formula is C14H8ClN3O4. The lowest BCUT2D eigenvalue weighted by Crippen LogP contribution is -2.35. The summed E-state index contributed by atoms with van der Waals surface area (Å²) in [6.45, 7) is 0. The molecule has 1 atom stereocenters. The Bertz CT molecular complexity index is 794. The molecule has 3 rings (SSSR count). The molecule has 0 spiro atoms. The van der Waals surface area contributed by atoms with Crippen LogP contribution in [0.15, 0.2) is 36.8 Å². The Labute approximate surface area is 129 Å². The number of halogens is 1. The van der Waals surface area contributed by atoms with Crippen molar-refractivity contribution in [3.63, 3.8) is 0 Å². The molecule has 8 heteroatoms. The fraction of sp³-hybridized carbons (Fsp3) is 0.0714. The van der Waals surface area contributed by atoms with E-state index >= 15 is 0 Å². The van der Waals surface area contributed by atoms with Gasteiger partial charge < -0.3 is 5.11 Å². The Morgan fingerprint density at radius 3 is 2.68 bits per heavy atom.